The summed E-state index contributed by atoms with van der Waals surface area (Å²) in [7, 11) is 1.27. The number of rotatable bonds is 6. The van der Waals surface area contributed by atoms with Gasteiger partial charge in [0.15, 0.2) is 0 Å². The van der Waals surface area contributed by atoms with Gasteiger partial charge in [0.25, 0.3) is 0 Å². The number of carbonyl (C=O) groups excluding carboxylic acids is 2. The van der Waals surface area contributed by atoms with Gasteiger partial charge in [-0.2, -0.15) is 0 Å². The van der Waals surface area contributed by atoms with Crippen molar-refractivity contribution in [3.63, 3.8) is 0 Å². The fourth-order valence-corrected chi connectivity index (χ4v) is 5.09. The fraction of sp³-hybridized carbons (Fsp3) is 0.464. The van der Waals surface area contributed by atoms with E-state index in [2.05, 4.69) is 31.1 Å². The zero-order valence-electron chi connectivity index (χ0n) is 21.7. The lowest BCUT2D eigenvalue weighted by molar-refractivity contribution is -0.102. The number of alkyl halides is 2. The van der Waals surface area contributed by atoms with Crippen molar-refractivity contribution in [2.75, 3.05) is 12.0 Å². The van der Waals surface area contributed by atoms with Crippen molar-refractivity contribution >= 4 is 29.4 Å². The first kappa shape index (κ1) is 27.0. The highest BCUT2D eigenvalue weighted by molar-refractivity contribution is 6.31. The Morgan fingerprint density at radius 2 is 1.95 bits per heavy atom. The molecule has 0 spiro atoms. The van der Waals surface area contributed by atoms with Crippen LogP contribution >= 0.6 is 11.6 Å². The normalized spacial score (nSPS) is 21.7. The minimum atomic E-state index is -2.74. The molecule has 4 rings (SSSR count). The van der Waals surface area contributed by atoms with Gasteiger partial charge in [-0.25, -0.2) is 23.4 Å². The first-order valence-corrected chi connectivity index (χ1v) is 12.6. The molecule has 0 bridgehead atoms. The number of aromatic nitrogens is 1. The Labute approximate surface area is 221 Å². The number of pyridine rings is 1. The van der Waals surface area contributed by atoms with Gasteiger partial charge in [0.1, 0.15) is 5.82 Å². The second-order valence-electron chi connectivity index (χ2n) is 11.2. The smallest absolute Gasteiger partial charge is 0.339 e. The summed E-state index contributed by atoms with van der Waals surface area (Å²) in [5, 5.41) is 3.60. The SMILES string of the molecule is COC(=O)c1ccc(N2C=C(C3CC(F)(F)C3)[C@](C)(c3ccc(CCC(C)(C)C)c(Cl)c3)NC2=O)nc1. The topological polar surface area (TPSA) is 71.5 Å². The van der Waals surface area contributed by atoms with Crippen LogP contribution in [0.15, 0.2) is 48.3 Å². The number of halogens is 3. The van der Waals surface area contributed by atoms with Gasteiger partial charge in [-0.05, 0) is 66.0 Å². The number of aryl methyl sites for hydroxylation is 1. The Hall–Kier alpha value is -3.00. The number of ether oxygens (including phenoxy) is 1. The van der Waals surface area contributed by atoms with Gasteiger partial charge >= 0.3 is 12.0 Å². The summed E-state index contributed by atoms with van der Waals surface area (Å²) < 4.78 is 32.6. The zero-order chi connectivity index (χ0) is 27.2. The Bertz CT molecular complexity index is 1230. The van der Waals surface area contributed by atoms with Crippen molar-refractivity contribution in [3.8, 4) is 0 Å². The second-order valence-corrected chi connectivity index (χ2v) is 11.6. The molecule has 0 radical (unpaired) electrons. The predicted molar refractivity (Wildman–Crippen MR) is 139 cm³/mol. The number of benzene rings is 1. The Morgan fingerprint density at radius 3 is 2.49 bits per heavy atom. The van der Waals surface area contributed by atoms with Crippen molar-refractivity contribution < 1.29 is 23.1 Å². The van der Waals surface area contributed by atoms with Crippen LogP contribution in [0.4, 0.5) is 19.4 Å². The number of hydrogen-bond acceptors (Lipinski definition) is 4. The Kier molecular flexibility index (Phi) is 7.10. The molecule has 1 saturated carbocycles. The average Bonchev–Trinajstić information content (AvgIpc) is 2.81. The van der Waals surface area contributed by atoms with Gasteiger partial charge in [-0.15, -0.1) is 0 Å². The number of nitrogens with one attached hydrogen (secondary N) is 1. The van der Waals surface area contributed by atoms with Crippen LogP contribution in [0.5, 0.6) is 0 Å². The third-order valence-corrected chi connectivity index (χ3v) is 7.49. The summed E-state index contributed by atoms with van der Waals surface area (Å²) in [4.78, 5) is 30.5. The van der Waals surface area contributed by atoms with Crippen LogP contribution in [-0.2, 0) is 16.7 Å². The van der Waals surface area contributed by atoms with Gasteiger partial charge in [0.05, 0.1) is 18.2 Å². The average molecular weight is 532 g/mol. The molecule has 1 N–H and O–H groups in total. The monoisotopic (exact) mass is 531 g/mol. The number of nitrogens with zero attached hydrogens (tertiary/aromatic N) is 2. The summed E-state index contributed by atoms with van der Waals surface area (Å²) in [6.07, 6.45) is 4.07. The Balaban J connectivity index is 1.70. The molecule has 198 valence electrons. The first-order valence-electron chi connectivity index (χ1n) is 12.3. The molecule has 2 heterocycles. The standard InChI is InChI=1S/C28H32ClF2N3O3/c1-26(2,3)11-10-17-6-8-20(12-22(17)29)27(4)21(19-13-28(30,31)14-19)16-34(25(36)33-27)23-9-7-18(15-32-23)24(35)37-5/h6-9,12,15-16,19H,10-11,13-14H2,1-5H3,(H,33,36)/t27-/m0/s1. The van der Waals surface area contributed by atoms with Crippen LogP contribution in [0, 0.1) is 11.3 Å². The molecule has 9 heteroatoms. The van der Waals surface area contributed by atoms with Crippen LogP contribution in [-0.4, -0.2) is 30.0 Å². The van der Waals surface area contributed by atoms with Gasteiger partial charge in [0, 0.05) is 30.3 Å². The highest BCUT2D eigenvalue weighted by Gasteiger charge is 2.52. The molecule has 2 amide bonds. The molecular weight excluding hydrogens is 500 g/mol. The molecule has 1 aliphatic heterocycles. The number of carbonyl (C=O) groups is 2. The molecular formula is C28H32ClF2N3O3. The number of amides is 2. The van der Waals surface area contributed by atoms with E-state index in [0.717, 1.165) is 24.0 Å². The van der Waals surface area contributed by atoms with E-state index >= 15 is 0 Å². The van der Waals surface area contributed by atoms with Crippen molar-refractivity contribution in [2.24, 2.45) is 11.3 Å². The molecule has 0 unspecified atom stereocenters. The number of anilines is 1. The molecule has 1 fully saturated rings. The van der Waals surface area contributed by atoms with Gasteiger partial charge < -0.3 is 10.1 Å². The lowest BCUT2D eigenvalue weighted by Crippen LogP contribution is -2.57. The molecule has 37 heavy (non-hydrogen) atoms. The van der Waals surface area contributed by atoms with Crippen LogP contribution in [0.1, 0.15) is 68.4 Å². The molecule has 1 atom stereocenters. The van der Waals surface area contributed by atoms with Crippen molar-refractivity contribution in [1.82, 2.24) is 10.3 Å². The number of esters is 1. The van der Waals surface area contributed by atoms with E-state index in [4.69, 9.17) is 16.3 Å². The fourth-order valence-electron chi connectivity index (χ4n) is 4.81. The van der Waals surface area contributed by atoms with Crippen LogP contribution in [0.25, 0.3) is 0 Å². The van der Waals surface area contributed by atoms with E-state index in [0.29, 0.717) is 10.6 Å². The van der Waals surface area contributed by atoms with E-state index in [9.17, 15) is 18.4 Å². The highest BCUT2D eigenvalue weighted by atomic mass is 35.5. The number of hydrogen-bond donors (Lipinski definition) is 1. The van der Waals surface area contributed by atoms with Crippen LogP contribution in [0.3, 0.4) is 0 Å². The number of methoxy groups -OCH3 is 1. The third-order valence-electron chi connectivity index (χ3n) is 7.14. The maximum Gasteiger partial charge on any atom is 0.339 e. The molecule has 2 aromatic rings. The molecule has 2 aliphatic rings. The van der Waals surface area contributed by atoms with E-state index in [1.165, 1.54) is 30.3 Å². The van der Waals surface area contributed by atoms with Gasteiger partial charge in [-0.1, -0.05) is 44.5 Å². The molecule has 1 aromatic carbocycles. The third kappa shape index (κ3) is 5.64. The molecule has 0 saturated heterocycles. The van der Waals surface area contributed by atoms with E-state index in [-0.39, 0.29) is 29.6 Å². The number of urea groups is 1. The summed E-state index contributed by atoms with van der Waals surface area (Å²) in [5.41, 5.74) is 1.73. The van der Waals surface area contributed by atoms with Crippen molar-refractivity contribution in [3.05, 3.63) is 70.0 Å². The van der Waals surface area contributed by atoms with E-state index in [1.807, 2.05) is 25.1 Å². The molecule has 1 aliphatic carbocycles. The maximum absolute atomic E-state index is 13.9. The van der Waals surface area contributed by atoms with E-state index < -0.39 is 29.4 Å². The van der Waals surface area contributed by atoms with E-state index in [1.54, 1.807) is 6.20 Å². The summed E-state index contributed by atoms with van der Waals surface area (Å²) in [6, 6.07) is 8.23. The quantitative estimate of drug-likeness (QED) is 0.413. The van der Waals surface area contributed by atoms with Crippen molar-refractivity contribution in [1.29, 1.82) is 0 Å². The van der Waals surface area contributed by atoms with Gasteiger partial charge in [0.2, 0.25) is 5.92 Å². The largest absolute Gasteiger partial charge is 0.465 e. The highest BCUT2D eigenvalue weighted by Crippen LogP contribution is 2.52. The molecule has 6 nitrogen and oxygen atoms in total. The lowest BCUT2D eigenvalue weighted by atomic mass is 9.67. The summed E-state index contributed by atoms with van der Waals surface area (Å²) in [5.74, 6) is -3.47. The van der Waals surface area contributed by atoms with Crippen molar-refractivity contribution in [2.45, 2.75) is 64.8 Å². The lowest BCUT2D eigenvalue weighted by Gasteiger charge is -2.47. The minimum Gasteiger partial charge on any atom is -0.465 e. The van der Waals surface area contributed by atoms with Gasteiger partial charge in [-0.3, -0.25) is 4.90 Å². The Morgan fingerprint density at radius 1 is 1.24 bits per heavy atom. The molecule has 1 aromatic heterocycles. The van der Waals surface area contributed by atoms with Crippen LogP contribution in [0.2, 0.25) is 5.02 Å². The minimum absolute atomic E-state index is 0.156. The predicted octanol–water partition coefficient (Wildman–Crippen LogP) is 6.87. The van der Waals surface area contributed by atoms with Crippen LogP contribution < -0.4 is 10.2 Å². The zero-order valence-corrected chi connectivity index (χ0v) is 22.5. The summed E-state index contributed by atoms with van der Waals surface area (Å²) in [6.45, 7) is 8.33. The summed E-state index contributed by atoms with van der Waals surface area (Å²) >= 11 is 6.66. The maximum atomic E-state index is 13.9. The first-order chi connectivity index (χ1) is 17.2. The second kappa shape index (κ2) is 9.71.